The van der Waals surface area contributed by atoms with Gasteiger partial charge in [-0.25, -0.2) is 4.98 Å². The van der Waals surface area contributed by atoms with E-state index in [4.69, 9.17) is 9.47 Å². The van der Waals surface area contributed by atoms with Gasteiger partial charge in [-0.2, -0.15) is 0 Å². The molecule has 0 radical (unpaired) electrons. The first-order valence-corrected chi connectivity index (χ1v) is 10.6. The quantitative estimate of drug-likeness (QED) is 0.661. The van der Waals surface area contributed by atoms with Crippen molar-refractivity contribution in [2.75, 3.05) is 20.2 Å². The van der Waals surface area contributed by atoms with E-state index in [0.29, 0.717) is 26.2 Å². The molecular formula is C22H23N3O3S. The molecule has 1 spiro atoms. The largest absolute Gasteiger partial charge is 0.497 e. The molecule has 2 aliphatic rings. The van der Waals surface area contributed by atoms with Gasteiger partial charge in [-0.3, -0.25) is 4.79 Å². The van der Waals surface area contributed by atoms with Crippen LogP contribution in [0.4, 0.5) is 0 Å². The molecule has 0 unspecified atom stereocenters. The molecule has 1 fully saturated rings. The van der Waals surface area contributed by atoms with E-state index in [1.165, 1.54) is 0 Å². The van der Waals surface area contributed by atoms with Crippen LogP contribution in [-0.2, 0) is 17.9 Å². The van der Waals surface area contributed by atoms with E-state index in [1.807, 2.05) is 48.4 Å². The molecule has 3 aromatic rings. The van der Waals surface area contributed by atoms with Crippen LogP contribution in [0.25, 0.3) is 11.3 Å². The van der Waals surface area contributed by atoms with Gasteiger partial charge in [0.1, 0.15) is 23.8 Å². The Morgan fingerprint density at radius 1 is 1.28 bits per heavy atom. The Hall–Kier alpha value is -2.64. The molecule has 6 nitrogen and oxygen atoms in total. The summed E-state index contributed by atoms with van der Waals surface area (Å²) in [5.74, 6) is 1.85. The maximum absolute atomic E-state index is 12.9. The molecule has 1 amide bonds. The monoisotopic (exact) mass is 409 g/mol. The number of carbonyl (C=O) groups is 1. The minimum absolute atomic E-state index is 0.105. The summed E-state index contributed by atoms with van der Waals surface area (Å²) in [7, 11) is 1.67. The number of nitrogens with zero attached hydrogens (tertiary/aromatic N) is 3. The Labute approximate surface area is 173 Å². The van der Waals surface area contributed by atoms with Crippen molar-refractivity contribution in [2.45, 2.75) is 32.1 Å². The number of thiophene rings is 1. The first kappa shape index (κ1) is 18.4. The van der Waals surface area contributed by atoms with Crippen LogP contribution >= 0.6 is 11.3 Å². The van der Waals surface area contributed by atoms with Crippen LogP contribution in [0.1, 0.15) is 26.8 Å². The number of aryl methyl sites for hydroxylation is 1. The Kier molecular flexibility index (Phi) is 4.44. The van der Waals surface area contributed by atoms with Crippen molar-refractivity contribution < 1.29 is 14.3 Å². The lowest BCUT2D eigenvalue weighted by Crippen LogP contribution is -2.45. The number of likely N-dealkylation sites (tertiary alicyclic amines) is 1. The number of benzene rings is 1. The second-order valence-corrected chi connectivity index (χ2v) is 9.02. The molecule has 0 saturated carbocycles. The number of hydrogen-bond donors (Lipinski definition) is 0. The minimum Gasteiger partial charge on any atom is -0.497 e. The number of imidazole rings is 1. The molecule has 4 heterocycles. The minimum atomic E-state index is -0.358. The zero-order chi connectivity index (χ0) is 20.0. The summed E-state index contributed by atoms with van der Waals surface area (Å²) in [6.45, 7) is 4.51. The smallest absolute Gasteiger partial charge is 0.264 e. The van der Waals surface area contributed by atoms with Crippen molar-refractivity contribution in [1.82, 2.24) is 14.5 Å². The molecule has 1 atom stereocenters. The molecule has 5 rings (SSSR count). The molecule has 150 valence electrons. The molecule has 29 heavy (non-hydrogen) atoms. The van der Waals surface area contributed by atoms with E-state index in [0.717, 1.165) is 39.0 Å². The average molecular weight is 410 g/mol. The lowest BCUT2D eigenvalue weighted by atomic mass is 10.0. The molecule has 7 heteroatoms. The van der Waals surface area contributed by atoms with E-state index in [2.05, 4.69) is 15.6 Å². The number of rotatable bonds is 3. The van der Waals surface area contributed by atoms with E-state index < -0.39 is 0 Å². The summed E-state index contributed by atoms with van der Waals surface area (Å²) in [5.41, 5.74) is 1.77. The van der Waals surface area contributed by atoms with Crippen molar-refractivity contribution in [3.8, 4) is 17.0 Å². The molecule has 2 aliphatic heterocycles. The Morgan fingerprint density at radius 3 is 2.97 bits per heavy atom. The molecule has 0 bridgehead atoms. The predicted molar refractivity (Wildman–Crippen MR) is 111 cm³/mol. The maximum atomic E-state index is 12.9. The molecule has 0 N–H and O–H groups in total. The number of aromatic nitrogens is 2. The van der Waals surface area contributed by atoms with Crippen molar-refractivity contribution in [2.24, 2.45) is 0 Å². The highest BCUT2D eigenvalue weighted by Gasteiger charge is 2.44. The summed E-state index contributed by atoms with van der Waals surface area (Å²) >= 11 is 1.55. The van der Waals surface area contributed by atoms with E-state index in [1.54, 1.807) is 18.4 Å². The van der Waals surface area contributed by atoms with Crippen LogP contribution in [0.5, 0.6) is 5.75 Å². The van der Waals surface area contributed by atoms with Crippen LogP contribution in [0.15, 0.2) is 42.6 Å². The van der Waals surface area contributed by atoms with Crippen LogP contribution in [0, 0.1) is 6.92 Å². The lowest BCUT2D eigenvalue weighted by molar-refractivity contribution is -0.0804. The zero-order valence-corrected chi connectivity index (χ0v) is 17.4. The third kappa shape index (κ3) is 3.24. The van der Waals surface area contributed by atoms with Crippen molar-refractivity contribution in [1.29, 1.82) is 0 Å². The molecule has 0 aliphatic carbocycles. The van der Waals surface area contributed by atoms with Crippen molar-refractivity contribution in [3.63, 3.8) is 0 Å². The maximum Gasteiger partial charge on any atom is 0.264 e. The van der Waals surface area contributed by atoms with Gasteiger partial charge >= 0.3 is 0 Å². The third-order valence-corrected chi connectivity index (χ3v) is 6.80. The molecular weight excluding hydrogens is 386 g/mol. The van der Waals surface area contributed by atoms with Gasteiger partial charge in [-0.05, 0) is 37.6 Å². The van der Waals surface area contributed by atoms with Crippen LogP contribution in [0.3, 0.4) is 0 Å². The second kappa shape index (κ2) is 7.00. The zero-order valence-electron chi connectivity index (χ0n) is 16.6. The Balaban J connectivity index is 1.40. The highest BCUT2D eigenvalue weighted by molar-refractivity contribution is 7.13. The third-order valence-electron chi connectivity index (χ3n) is 5.81. The SMILES string of the molecule is COc1cccc(-c2cnc3n2C[C@]2(CCN(C(=O)c4ccc(C)s4)C2)OC3)c1. The first-order valence-electron chi connectivity index (χ1n) is 9.75. The number of ether oxygens (including phenoxy) is 2. The summed E-state index contributed by atoms with van der Waals surface area (Å²) in [5, 5.41) is 0. The highest BCUT2D eigenvalue weighted by atomic mass is 32.1. The van der Waals surface area contributed by atoms with Gasteiger partial charge in [0.25, 0.3) is 5.91 Å². The Morgan fingerprint density at radius 2 is 2.17 bits per heavy atom. The number of carbonyl (C=O) groups excluding carboxylic acids is 1. The van der Waals surface area contributed by atoms with Crippen molar-refractivity contribution >= 4 is 17.2 Å². The van der Waals surface area contributed by atoms with Crippen LogP contribution < -0.4 is 4.74 Å². The number of hydrogen-bond acceptors (Lipinski definition) is 5. The second-order valence-electron chi connectivity index (χ2n) is 7.74. The van der Waals surface area contributed by atoms with Crippen LogP contribution in [0.2, 0.25) is 0 Å². The van der Waals surface area contributed by atoms with Crippen molar-refractivity contribution in [3.05, 3.63) is 58.2 Å². The fourth-order valence-electron chi connectivity index (χ4n) is 4.24. The van der Waals surface area contributed by atoms with Gasteiger partial charge in [0.15, 0.2) is 0 Å². The topological polar surface area (TPSA) is 56.6 Å². The summed E-state index contributed by atoms with van der Waals surface area (Å²) in [4.78, 5) is 21.3. The number of fused-ring (bicyclic) bond motifs is 1. The van der Waals surface area contributed by atoms with E-state index in [-0.39, 0.29) is 11.5 Å². The fraction of sp³-hybridized carbons (Fsp3) is 0.364. The molecule has 2 aromatic heterocycles. The normalized spacial score (nSPS) is 20.8. The summed E-state index contributed by atoms with van der Waals surface area (Å²) in [6, 6.07) is 11.9. The molecule has 1 aromatic carbocycles. The van der Waals surface area contributed by atoms with E-state index >= 15 is 0 Å². The van der Waals surface area contributed by atoms with Crippen LogP contribution in [-0.4, -0.2) is 46.2 Å². The Bertz CT molecular complexity index is 1070. The van der Waals surface area contributed by atoms with E-state index in [9.17, 15) is 4.79 Å². The number of methoxy groups -OCH3 is 1. The van der Waals surface area contributed by atoms with Gasteiger partial charge in [-0.1, -0.05) is 12.1 Å². The van der Waals surface area contributed by atoms with Gasteiger partial charge in [-0.15, -0.1) is 11.3 Å². The standard InChI is InChI=1S/C22H23N3O3S/c1-15-6-7-19(29-15)21(26)24-9-8-22(13-24)14-25-18(11-23-20(25)12-28-22)16-4-3-5-17(10-16)27-2/h3-7,10-11H,8-9,12-14H2,1-2H3/t22-/m1/s1. The van der Waals surface area contributed by atoms with Gasteiger partial charge in [0, 0.05) is 17.0 Å². The molecule has 1 saturated heterocycles. The average Bonchev–Trinajstić information content (AvgIpc) is 3.46. The fourth-order valence-corrected chi connectivity index (χ4v) is 5.08. The summed E-state index contributed by atoms with van der Waals surface area (Å²) < 4.78 is 13.9. The number of amides is 1. The van der Waals surface area contributed by atoms with Gasteiger partial charge in [0.05, 0.1) is 37.0 Å². The van der Waals surface area contributed by atoms with Gasteiger partial charge < -0.3 is 18.9 Å². The lowest BCUT2D eigenvalue weighted by Gasteiger charge is -2.35. The first-order chi connectivity index (χ1) is 14.1. The predicted octanol–water partition coefficient (Wildman–Crippen LogP) is 3.74. The van der Waals surface area contributed by atoms with Gasteiger partial charge in [0.2, 0.25) is 0 Å². The summed E-state index contributed by atoms with van der Waals surface area (Å²) in [6.07, 6.45) is 2.73. The highest BCUT2D eigenvalue weighted by Crippen LogP contribution is 2.36.